The first-order valence-electron chi connectivity index (χ1n) is 9.93. The van der Waals surface area contributed by atoms with Crippen LogP contribution in [-0.4, -0.2) is 48.9 Å². The van der Waals surface area contributed by atoms with Crippen molar-refractivity contribution in [1.29, 1.82) is 0 Å². The number of piperidine rings is 1. The number of carbonyl (C=O) groups is 2. The third kappa shape index (κ3) is 7.15. The summed E-state index contributed by atoms with van der Waals surface area (Å²) < 4.78 is 0. The Kier molecular flexibility index (Phi) is 8.58. The Bertz CT molecular complexity index is 610. The fourth-order valence-corrected chi connectivity index (χ4v) is 3.40. The molecule has 1 aliphatic rings. The number of nitrogens with zero attached hydrogens (tertiary/aromatic N) is 1. The summed E-state index contributed by atoms with van der Waals surface area (Å²) in [5, 5.41) is 6.40. The van der Waals surface area contributed by atoms with Gasteiger partial charge in [-0.25, -0.2) is 0 Å². The highest BCUT2D eigenvalue weighted by molar-refractivity contribution is 6.30. The predicted molar refractivity (Wildman–Crippen MR) is 110 cm³/mol. The van der Waals surface area contributed by atoms with Crippen molar-refractivity contribution in [2.45, 2.75) is 46.1 Å². The van der Waals surface area contributed by atoms with Crippen LogP contribution in [0.15, 0.2) is 24.3 Å². The van der Waals surface area contributed by atoms with Gasteiger partial charge in [0.2, 0.25) is 5.91 Å². The van der Waals surface area contributed by atoms with Crippen molar-refractivity contribution in [2.75, 3.05) is 26.2 Å². The van der Waals surface area contributed by atoms with Gasteiger partial charge in [0, 0.05) is 17.1 Å². The molecule has 1 saturated heterocycles. The van der Waals surface area contributed by atoms with Gasteiger partial charge < -0.3 is 15.5 Å². The van der Waals surface area contributed by atoms with Crippen molar-refractivity contribution >= 4 is 23.4 Å². The maximum Gasteiger partial charge on any atom is 0.251 e. The SMILES string of the molecule is CC1CCN(CCCNC(=O)C(NC(=O)c2ccc(Cl)cc2)C(C)C)CC1. The minimum absolute atomic E-state index is 0.00447. The van der Waals surface area contributed by atoms with Gasteiger partial charge in [0.25, 0.3) is 5.91 Å². The first-order chi connectivity index (χ1) is 12.9. The van der Waals surface area contributed by atoms with Crippen LogP contribution >= 0.6 is 11.6 Å². The number of hydrogen-bond acceptors (Lipinski definition) is 3. The first kappa shape index (κ1) is 21.7. The van der Waals surface area contributed by atoms with Gasteiger partial charge in [-0.15, -0.1) is 0 Å². The molecule has 0 spiro atoms. The zero-order chi connectivity index (χ0) is 19.8. The lowest BCUT2D eigenvalue weighted by Gasteiger charge is -2.30. The van der Waals surface area contributed by atoms with Crippen molar-refractivity contribution in [1.82, 2.24) is 15.5 Å². The van der Waals surface area contributed by atoms with Crippen LogP contribution in [0.25, 0.3) is 0 Å². The van der Waals surface area contributed by atoms with E-state index in [9.17, 15) is 9.59 Å². The highest BCUT2D eigenvalue weighted by Crippen LogP contribution is 2.15. The topological polar surface area (TPSA) is 61.4 Å². The highest BCUT2D eigenvalue weighted by Gasteiger charge is 2.24. The van der Waals surface area contributed by atoms with Crippen LogP contribution in [0.4, 0.5) is 0 Å². The molecule has 150 valence electrons. The van der Waals surface area contributed by atoms with Crippen LogP contribution in [-0.2, 0) is 4.79 Å². The molecule has 6 heteroatoms. The number of amides is 2. The zero-order valence-corrected chi connectivity index (χ0v) is 17.4. The second kappa shape index (κ2) is 10.7. The van der Waals surface area contributed by atoms with E-state index in [2.05, 4.69) is 22.5 Å². The van der Waals surface area contributed by atoms with Crippen molar-refractivity contribution < 1.29 is 9.59 Å². The van der Waals surface area contributed by atoms with Crippen LogP contribution in [0.1, 0.15) is 50.4 Å². The molecule has 1 aromatic rings. The van der Waals surface area contributed by atoms with Gasteiger partial charge in [-0.05, 0) is 75.0 Å². The van der Waals surface area contributed by atoms with E-state index in [1.165, 1.54) is 12.8 Å². The number of nitrogens with one attached hydrogen (secondary N) is 2. The number of halogens is 1. The smallest absolute Gasteiger partial charge is 0.251 e. The lowest BCUT2D eigenvalue weighted by atomic mass is 9.99. The van der Waals surface area contributed by atoms with E-state index < -0.39 is 6.04 Å². The fraction of sp³-hybridized carbons (Fsp3) is 0.619. The Balaban J connectivity index is 1.76. The third-order valence-corrected chi connectivity index (χ3v) is 5.42. The highest BCUT2D eigenvalue weighted by atomic mass is 35.5. The standard InChI is InChI=1S/C21H32ClN3O2/c1-15(2)19(24-20(26)17-5-7-18(22)8-6-17)21(27)23-11-4-12-25-13-9-16(3)10-14-25/h5-8,15-16,19H,4,9-14H2,1-3H3,(H,23,27)(H,24,26). The van der Waals surface area contributed by atoms with Crippen molar-refractivity contribution in [3.63, 3.8) is 0 Å². The van der Waals surface area contributed by atoms with Gasteiger partial charge >= 0.3 is 0 Å². The monoisotopic (exact) mass is 393 g/mol. The van der Waals surface area contributed by atoms with E-state index in [1.54, 1.807) is 24.3 Å². The summed E-state index contributed by atoms with van der Waals surface area (Å²) in [6.07, 6.45) is 3.45. The summed E-state index contributed by atoms with van der Waals surface area (Å²) in [7, 11) is 0. The normalized spacial score (nSPS) is 16.9. The molecule has 2 N–H and O–H groups in total. The van der Waals surface area contributed by atoms with Gasteiger partial charge in [0.05, 0.1) is 0 Å². The lowest BCUT2D eigenvalue weighted by Crippen LogP contribution is -2.50. The molecule has 0 aliphatic carbocycles. The van der Waals surface area contributed by atoms with E-state index in [1.807, 2.05) is 13.8 Å². The predicted octanol–water partition coefficient (Wildman–Crippen LogP) is 3.33. The zero-order valence-electron chi connectivity index (χ0n) is 16.6. The Morgan fingerprint density at radius 1 is 1.19 bits per heavy atom. The van der Waals surface area contributed by atoms with E-state index >= 15 is 0 Å². The molecular weight excluding hydrogens is 362 g/mol. The molecule has 0 radical (unpaired) electrons. The molecule has 5 nitrogen and oxygen atoms in total. The summed E-state index contributed by atoms with van der Waals surface area (Å²) >= 11 is 5.86. The van der Waals surface area contributed by atoms with Gasteiger partial charge in [-0.1, -0.05) is 32.4 Å². The van der Waals surface area contributed by atoms with Crippen LogP contribution in [0, 0.1) is 11.8 Å². The Morgan fingerprint density at radius 2 is 1.81 bits per heavy atom. The van der Waals surface area contributed by atoms with E-state index in [0.29, 0.717) is 17.1 Å². The number of rotatable bonds is 8. The summed E-state index contributed by atoms with van der Waals surface area (Å²) in [6.45, 7) is 10.1. The number of carbonyl (C=O) groups excluding carboxylic acids is 2. The first-order valence-corrected chi connectivity index (χ1v) is 10.3. The molecule has 0 aromatic heterocycles. The van der Waals surface area contributed by atoms with Gasteiger partial charge in [-0.3, -0.25) is 9.59 Å². The largest absolute Gasteiger partial charge is 0.354 e. The van der Waals surface area contributed by atoms with Gasteiger partial charge in [-0.2, -0.15) is 0 Å². The van der Waals surface area contributed by atoms with E-state index in [0.717, 1.165) is 32.0 Å². The fourth-order valence-electron chi connectivity index (χ4n) is 3.27. The van der Waals surface area contributed by atoms with E-state index in [-0.39, 0.29) is 17.7 Å². The summed E-state index contributed by atoms with van der Waals surface area (Å²) in [4.78, 5) is 27.4. The van der Waals surface area contributed by atoms with Gasteiger partial charge in [0.1, 0.15) is 6.04 Å². The minimum Gasteiger partial charge on any atom is -0.354 e. The molecule has 1 fully saturated rings. The van der Waals surface area contributed by atoms with Crippen LogP contribution < -0.4 is 10.6 Å². The molecule has 1 unspecified atom stereocenters. The Morgan fingerprint density at radius 3 is 2.41 bits per heavy atom. The minimum atomic E-state index is -0.552. The summed E-state index contributed by atoms with van der Waals surface area (Å²) in [6, 6.07) is 6.10. The molecule has 1 atom stereocenters. The summed E-state index contributed by atoms with van der Waals surface area (Å²) in [5.74, 6) is 0.448. The molecule has 2 amide bonds. The molecule has 1 heterocycles. The third-order valence-electron chi connectivity index (χ3n) is 5.17. The second-order valence-corrected chi connectivity index (χ2v) is 8.31. The lowest BCUT2D eigenvalue weighted by molar-refractivity contribution is -0.123. The van der Waals surface area contributed by atoms with Crippen LogP contribution in [0.5, 0.6) is 0 Å². The van der Waals surface area contributed by atoms with Crippen molar-refractivity contribution in [3.05, 3.63) is 34.9 Å². The van der Waals surface area contributed by atoms with Gasteiger partial charge in [0.15, 0.2) is 0 Å². The molecule has 27 heavy (non-hydrogen) atoms. The van der Waals surface area contributed by atoms with Crippen LogP contribution in [0.3, 0.4) is 0 Å². The Labute approximate surface area is 167 Å². The average Bonchev–Trinajstić information content (AvgIpc) is 2.64. The number of likely N-dealkylation sites (tertiary alicyclic amines) is 1. The number of hydrogen-bond donors (Lipinski definition) is 2. The molecule has 0 saturated carbocycles. The Hall–Kier alpha value is -1.59. The number of benzene rings is 1. The maximum atomic E-state index is 12.5. The molecular formula is C21H32ClN3O2. The molecule has 0 bridgehead atoms. The molecule has 2 rings (SSSR count). The molecule has 1 aromatic carbocycles. The quantitative estimate of drug-likeness (QED) is 0.666. The van der Waals surface area contributed by atoms with Crippen LogP contribution in [0.2, 0.25) is 5.02 Å². The van der Waals surface area contributed by atoms with Crippen molar-refractivity contribution in [2.24, 2.45) is 11.8 Å². The second-order valence-electron chi connectivity index (χ2n) is 7.87. The molecule has 1 aliphatic heterocycles. The van der Waals surface area contributed by atoms with Crippen molar-refractivity contribution in [3.8, 4) is 0 Å². The average molecular weight is 394 g/mol. The maximum absolute atomic E-state index is 12.5. The van der Waals surface area contributed by atoms with E-state index in [4.69, 9.17) is 11.6 Å². The summed E-state index contributed by atoms with van der Waals surface area (Å²) in [5.41, 5.74) is 0.497.